The van der Waals surface area contributed by atoms with E-state index in [0.717, 1.165) is 39.7 Å². The lowest BCUT2D eigenvalue weighted by Crippen LogP contribution is -2.30. The first-order valence-corrected chi connectivity index (χ1v) is 11.5. The molecule has 2 heterocycles. The Morgan fingerprint density at radius 2 is 1.12 bits per heavy atom. The summed E-state index contributed by atoms with van der Waals surface area (Å²) in [5.41, 5.74) is 7.68. The molecule has 1 aliphatic rings. The maximum absolute atomic E-state index is 5.18. The highest BCUT2D eigenvalue weighted by atomic mass is 15.5. The molecular formula is C30H24N4. The van der Waals surface area contributed by atoms with Gasteiger partial charge in [-0.2, -0.15) is 5.10 Å². The van der Waals surface area contributed by atoms with Crippen molar-refractivity contribution in [2.75, 3.05) is 5.01 Å². The molecule has 0 radical (unpaired) electrons. The smallest absolute Gasteiger partial charge is 0.228 e. The van der Waals surface area contributed by atoms with Gasteiger partial charge in [0.15, 0.2) is 0 Å². The van der Waals surface area contributed by atoms with Crippen LogP contribution in [0.3, 0.4) is 0 Å². The van der Waals surface area contributed by atoms with Gasteiger partial charge in [0, 0.05) is 11.1 Å². The molecule has 1 aromatic heterocycles. The Kier molecular flexibility index (Phi) is 5.24. The number of hydrazone groups is 1. The number of hydrogen-bond acceptors (Lipinski definition) is 3. The van der Waals surface area contributed by atoms with E-state index in [4.69, 9.17) is 10.1 Å². The molecule has 4 heteroatoms. The molecule has 34 heavy (non-hydrogen) atoms. The van der Waals surface area contributed by atoms with Crippen LogP contribution in [0.5, 0.6) is 0 Å². The summed E-state index contributed by atoms with van der Waals surface area (Å²) < 4.78 is 2.32. The van der Waals surface area contributed by atoms with Gasteiger partial charge in [0.2, 0.25) is 5.95 Å². The van der Waals surface area contributed by atoms with Gasteiger partial charge in [-0.1, -0.05) is 121 Å². The average molecular weight is 441 g/mol. The molecule has 0 saturated heterocycles. The molecule has 0 fully saturated rings. The Balaban J connectivity index is 1.56. The maximum Gasteiger partial charge on any atom is 0.228 e. The molecule has 0 bridgehead atoms. The number of nitrogens with zero attached hydrogens (tertiary/aromatic N) is 4. The third kappa shape index (κ3) is 3.80. The summed E-state index contributed by atoms with van der Waals surface area (Å²) in [5.74, 6) is 0.862. The van der Waals surface area contributed by atoms with E-state index in [-0.39, 0.29) is 0 Å². The van der Waals surface area contributed by atoms with Crippen LogP contribution in [-0.2, 0) is 13.1 Å². The summed E-state index contributed by atoms with van der Waals surface area (Å²) in [7, 11) is 0. The maximum atomic E-state index is 5.18. The minimum atomic E-state index is 0.649. The first-order chi connectivity index (χ1) is 16.9. The molecule has 5 aromatic rings. The fourth-order valence-corrected chi connectivity index (χ4v) is 4.49. The first kappa shape index (κ1) is 20.2. The monoisotopic (exact) mass is 440 g/mol. The van der Waals surface area contributed by atoms with Crippen molar-refractivity contribution in [3.63, 3.8) is 0 Å². The molecule has 0 N–H and O–H groups in total. The molecule has 0 spiro atoms. The highest BCUT2D eigenvalue weighted by molar-refractivity contribution is 6.02. The predicted octanol–water partition coefficient (Wildman–Crippen LogP) is 6.64. The molecule has 4 aromatic carbocycles. The molecule has 0 saturated carbocycles. The molecule has 0 unspecified atom stereocenters. The molecule has 0 amide bonds. The van der Waals surface area contributed by atoms with Crippen LogP contribution in [-0.4, -0.2) is 15.3 Å². The Labute approximate surface area is 199 Å². The van der Waals surface area contributed by atoms with Crippen LogP contribution in [0, 0.1) is 0 Å². The van der Waals surface area contributed by atoms with E-state index in [1.54, 1.807) is 0 Å². The van der Waals surface area contributed by atoms with Crippen LogP contribution < -0.4 is 5.01 Å². The summed E-state index contributed by atoms with van der Waals surface area (Å²) in [5, 5.41) is 7.14. The number of aromatic nitrogens is 2. The molecule has 164 valence electrons. The van der Waals surface area contributed by atoms with Crippen molar-refractivity contribution in [2.45, 2.75) is 13.1 Å². The Bertz CT molecular complexity index is 1420. The van der Waals surface area contributed by atoms with Gasteiger partial charge >= 0.3 is 0 Å². The minimum Gasteiger partial charge on any atom is -0.302 e. The summed E-state index contributed by atoms with van der Waals surface area (Å²) >= 11 is 0. The number of rotatable bonds is 5. The average Bonchev–Trinajstić information content (AvgIpc) is 3.31. The fraction of sp³-hybridized carbons (Fsp3) is 0.0667. The fourth-order valence-electron chi connectivity index (χ4n) is 4.49. The SMILES string of the molecule is c1ccc(CN2N=C(c3ccccc3)Cn3c2nc(-c2ccccc2)c3-c2ccccc2)cc1. The van der Waals surface area contributed by atoms with Gasteiger partial charge in [-0.05, 0) is 11.1 Å². The Morgan fingerprint density at radius 3 is 1.74 bits per heavy atom. The molecule has 6 rings (SSSR count). The Morgan fingerprint density at radius 1 is 0.588 bits per heavy atom. The van der Waals surface area contributed by atoms with Crippen molar-refractivity contribution < 1.29 is 0 Å². The van der Waals surface area contributed by atoms with Crippen LogP contribution in [0.25, 0.3) is 22.5 Å². The highest BCUT2D eigenvalue weighted by Gasteiger charge is 2.28. The number of anilines is 1. The topological polar surface area (TPSA) is 33.4 Å². The third-order valence-electron chi connectivity index (χ3n) is 6.10. The molecular weight excluding hydrogens is 416 g/mol. The van der Waals surface area contributed by atoms with Gasteiger partial charge in [-0.25, -0.2) is 9.99 Å². The third-order valence-corrected chi connectivity index (χ3v) is 6.10. The summed E-state index contributed by atoms with van der Waals surface area (Å²) in [6.45, 7) is 1.31. The van der Waals surface area contributed by atoms with Crippen molar-refractivity contribution in [2.24, 2.45) is 5.10 Å². The van der Waals surface area contributed by atoms with Crippen molar-refractivity contribution in [1.29, 1.82) is 0 Å². The van der Waals surface area contributed by atoms with Crippen LogP contribution in [0.4, 0.5) is 5.95 Å². The van der Waals surface area contributed by atoms with E-state index in [1.807, 2.05) is 23.2 Å². The summed E-state index contributed by atoms with van der Waals surface area (Å²) in [6, 6.07) is 41.8. The molecule has 1 aliphatic heterocycles. The van der Waals surface area contributed by atoms with Crippen molar-refractivity contribution in [3.8, 4) is 22.5 Å². The minimum absolute atomic E-state index is 0.649. The van der Waals surface area contributed by atoms with Gasteiger partial charge in [0.25, 0.3) is 0 Å². The lowest BCUT2D eigenvalue weighted by Gasteiger charge is -2.27. The number of fused-ring (bicyclic) bond motifs is 1. The standard InChI is InChI=1S/C30H24N4/c1-5-13-23(14-6-1)21-34-30-31-28(25-17-9-3-10-18-25)29(26-19-11-4-12-20-26)33(30)22-27(32-34)24-15-7-2-8-16-24/h1-20H,21-22H2. The zero-order valence-corrected chi connectivity index (χ0v) is 18.8. The van der Waals surface area contributed by atoms with E-state index in [0.29, 0.717) is 13.1 Å². The Hall–Kier alpha value is -4.44. The molecule has 0 aliphatic carbocycles. The highest BCUT2D eigenvalue weighted by Crippen LogP contribution is 2.38. The second kappa shape index (κ2) is 8.83. The normalized spacial score (nSPS) is 12.8. The van der Waals surface area contributed by atoms with Gasteiger partial charge in [0.05, 0.1) is 30.2 Å². The van der Waals surface area contributed by atoms with Gasteiger partial charge in [-0.3, -0.25) is 0 Å². The molecule has 0 atom stereocenters. The van der Waals surface area contributed by atoms with Crippen molar-refractivity contribution in [1.82, 2.24) is 9.55 Å². The van der Waals surface area contributed by atoms with Crippen LogP contribution in [0.2, 0.25) is 0 Å². The van der Waals surface area contributed by atoms with Gasteiger partial charge < -0.3 is 4.57 Å². The summed E-state index contributed by atoms with van der Waals surface area (Å²) in [6.07, 6.45) is 0. The van der Waals surface area contributed by atoms with E-state index >= 15 is 0 Å². The van der Waals surface area contributed by atoms with Crippen LogP contribution >= 0.6 is 0 Å². The van der Waals surface area contributed by atoms with E-state index < -0.39 is 0 Å². The second-order valence-electron chi connectivity index (χ2n) is 8.38. The quantitative estimate of drug-likeness (QED) is 0.307. The zero-order chi connectivity index (χ0) is 22.7. The van der Waals surface area contributed by atoms with E-state index in [1.165, 1.54) is 5.56 Å². The lowest BCUT2D eigenvalue weighted by atomic mass is 10.0. The lowest BCUT2D eigenvalue weighted by molar-refractivity contribution is 0.715. The van der Waals surface area contributed by atoms with Gasteiger partial charge in [-0.15, -0.1) is 0 Å². The predicted molar refractivity (Wildman–Crippen MR) is 139 cm³/mol. The number of benzene rings is 4. The van der Waals surface area contributed by atoms with Crippen molar-refractivity contribution >= 4 is 11.7 Å². The summed E-state index contributed by atoms with van der Waals surface area (Å²) in [4.78, 5) is 5.18. The molecule has 4 nitrogen and oxygen atoms in total. The number of hydrogen-bond donors (Lipinski definition) is 0. The zero-order valence-electron chi connectivity index (χ0n) is 18.8. The number of imidazole rings is 1. The van der Waals surface area contributed by atoms with E-state index in [9.17, 15) is 0 Å². The van der Waals surface area contributed by atoms with Crippen LogP contribution in [0.1, 0.15) is 11.1 Å². The first-order valence-electron chi connectivity index (χ1n) is 11.5. The van der Waals surface area contributed by atoms with Crippen LogP contribution in [0.15, 0.2) is 126 Å². The van der Waals surface area contributed by atoms with Gasteiger partial charge in [0.1, 0.15) is 0 Å². The van der Waals surface area contributed by atoms with Crippen molar-refractivity contribution in [3.05, 3.63) is 132 Å². The van der Waals surface area contributed by atoms with E-state index in [2.05, 4.69) is 108 Å². The largest absolute Gasteiger partial charge is 0.302 e. The second-order valence-corrected chi connectivity index (χ2v) is 8.38.